The van der Waals surface area contributed by atoms with Crippen LogP contribution >= 0.6 is 0 Å². The number of furan rings is 1. The topological polar surface area (TPSA) is 51.5 Å². The second-order valence-corrected chi connectivity index (χ2v) is 5.42. The van der Waals surface area contributed by atoms with Crippen molar-refractivity contribution in [3.05, 3.63) is 71.5 Å². The van der Waals surface area contributed by atoms with Crippen molar-refractivity contribution in [2.45, 2.75) is 26.4 Å². The Morgan fingerprint density at radius 1 is 1.13 bits per heavy atom. The zero-order chi connectivity index (χ0) is 16.1. The first-order chi connectivity index (χ1) is 11.3. The molecule has 1 heterocycles. The molecular weight excluding hydrogens is 290 g/mol. The molecule has 0 spiro atoms. The average molecular weight is 309 g/mol. The van der Waals surface area contributed by atoms with Crippen LogP contribution in [-0.4, -0.2) is 5.91 Å². The van der Waals surface area contributed by atoms with Gasteiger partial charge in [-0.2, -0.15) is 0 Å². The lowest BCUT2D eigenvalue weighted by Gasteiger charge is -2.05. The Morgan fingerprint density at radius 3 is 2.74 bits per heavy atom. The molecular formula is C19H19NO3. The number of hydrogen-bond acceptors (Lipinski definition) is 3. The largest absolute Gasteiger partial charge is 0.464 e. The lowest BCUT2D eigenvalue weighted by atomic mass is 10.1. The first kappa shape index (κ1) is 15.3. The van der Waals surface area contributed by atoms with Crippen LogP contribution in [0.2, 0.25) is 0 Å². The van der Waals surface area contributed by atoms with Crippen molar-refractivity contribution in [3.63, 3.8) is 0 Å². The molecule has 4 heteroatoms. The third-order valence-corrected chi connectivity index (χ3v) is 3.75. The van der Waals surface area contributed by atoms with Crippen molar-refractivity contribution in [2.75, 3.05) is 0 Å². The van der Waals surface area contributed by atoms with E-state index in [1.807, 2.05) is 42.5 Å². The Labute approximate surface area is 135 Å². The molecule has 4 nitrogen and oxygen atoms in total. The van der Waals surface area contributed by atoms with E-state index in [0.29, 0.717) is 6.61 Å². The summed E-state index contributed by atoms with van der Waals surface area (Å²) in [7, 11) is 0. The van der Waals surface area contributed by atoms with Crippen LogP contribution in [0.5, 0.6) is 0 Å². The fourth-order valence-electron chi connectivity index (χ4n) is 2.47. The molecule has 0 saturated heterocycles. The maximum Gasteiger partial charge on any atom is 0.248 e. The van der Waals surface area contributed by atoms with E-state index in [0.717, 1.165) is 28.5 Å². The van der Waals surface area contributed by atoms with Crippen LogP contribution in [0.3, 0.4) is 0 Å². The van der Waals surface area contributed by atoms with Crippen LogP contribution in [0.25, 0.3) is 11.0 Å². The van der Waals surface area contributed by atoms with Crippen molar-refractivity contribution >= 4 is 16.9 Å². The van der Waals surface area contributed by atoms with Gasteiger partial charge in [-0.15, -0.1) is 0 Å². The van der Waals surface area contributed by atoms with Crippen molar-refractivity contribution in [2.24, 2.45) is 0 Å². The number of amides is 1. The molecule has 0 radical (unpaired) electrons. The summed E-state index contributed by atoms with van der Waals surface area (Å²) in [6, 6.07) is 15.8. The van der Waals surface area contributed by atoms with Crippen molar-refractivity contribution in [1.82, 2.24) is 5.48 Å². The SMILES string of the molecule is CCc1ccc2c(CC(=O)NOCc3ccccc3)coc2c1. The summed E-state index contributed by atoms with van der Waals surface area (Å²) in [6.07, 6.45) is 2.83. The van der Waals surface area contributed by atoms with Crippen LogP contribution in [0.15, 0.2) is 59.2 Å². The van der Waals surface area contributed by atoms with Gasteiger partial charge < -0.3 is 4.42 Å². The molecule has 2 aromatic carbocycles. The van der Waals surface area contributed by atoms with Gasteiger partial charge in [0, 0.05) is 10.9 Å². The highest BCUT2D eigenvalue weighted by molar-refractivity contribution is 5.87. The number of aryl methyl sites for hydroxylation is 1. The molecule has 1 amide bonds. The standard InChI is InChI=1S/C19H19NO3/c1-2-14-8-9-17-16(13-22-18(17)10-14)11-19(21)20-23-12-15-6-4-3-5-7-15/h3-10,13H,2,11-12H2,1H3,(H,20,21). The highest BCUT2D eigenvalue weighted by Gasteiger charge is 2.11. The zero-order valence-corrected chi connectivity index (χ0v) is 13.0. The number of nitrogens with one attached hydrogen (secondary N) is 1. The highest BCUT2D eigenvalue weighted by atomic mass is 16.6. The predicted molar refractivity (Wildman–Crippen MR) is 88.7 cm³/mol. The van der Waals surface area contributed by atoms with Crippen LogP contribution < -0.4 is 5.48 Å². The lowest BCUT2D eigenvalue weighted by Crippen LogP contribution is -2.25. The zero-order valence-electron chi connectivity index (χ0n) is 13.0. The van der Waals surface area contributed by atoms with Gasteiger partial charge in [-0.25, -0.2) is 5.48 Å². The molecule has 3 rings (SSSR count). The second-order valence-electron chi connectivity index (χ2n) is 5.42. The van der Waals surface area contributed by atoms with Gasteiger partial charge in [-0.3, -0.25) is 9.63 Å². The maximum absolute atomic E-state index is 12.0. The quantitative estimate of drug-likeness (QED) is 0.705. The van der Waals surface area contributed by atoms with Crippen LogP contribution in [0, 0.1) is 0 Å². The molecule has 3 aromatic rings. The van der Waals surface area contributed by atoms with Crippen molar-refractivity contribution in [3.8, 4) is 0 Å². The second kappa shape index (κ2) is 7.11. The van der Waals surface area contributed by atoms with Gasteiger partial charge in [0.2, 0.25) is 5.91 Å². The molecule has 0 atom stereocenters. The maximum atomic E-state index is 12.0. The Balaban J connectivity index is 1.57. The molecule has 0 unspecified atom stereocenters. The van der Waals surface area contributed by atoms with Crippen LogP contribution in [0.4, 0.5) is 0 Å². The Hall–Kier alpha value is -2.59. The summed E-state index contributed by atoms with van der Waals surface area (Å²) >= 11 is 0. The third kappa shape index (κ3) is 3.79. The lowest BCUT2D eigenvalue weighted by molar-refractivity contribution is -0.133. The van der Waals surface area contributed by atoms with Gasteiger partial charge >= 0.3 is 0 Å². The number of fused-ring (bicyclic) bond motifs is 1. The summed E-state index contributed by atoms with van der Waals surface area (Å²) in [5.74, 6) is -0.191. The van der Waals surface area contributed by atoms with Crippen LogP contribution in [0.1, 0.15) is 23.6 Å². The number of carbonyl (C=O) groups is 1. The van der Waals surface area contributed by atoms with E-state index in [-0.39, 0.29) is 12.3 Å². The summed E-state index contributed by atoms with van der Waals surface area (Å²) < 4.78 is 5.55. The number of hydroxylamine groups is 1. The highest BCUT2D eigenvalue weighted by Crippen LogP contribution is 2.23. The van der Waals surface area contributed by atoms with E-state index in [2.05, 4.69) is 18.5 Å². The van der Waals surface area contributed by atoms with Gasteiger partial charge in [0.05, 0.1) is 19.3 Å². The monoisotopic (exact) mass is 309 g/mol. The number of benzene rings is 2. The fraction of sp³-hybridized carbons (Fsp3) is 0.211. The molecule has 0 saturated carbocycles. The van der Waals surface area contributed by atoms with Gasteiger partial charge in [0.25, 0.3) is 0 Å². The minimum Gasteiger partial charge on any atom is -0.464 e. The fourth-order valence-corrected chi connectivity index (χ4v) is 2.47. The summed E-state index contributed by atoms with van der Waals surface area (Å²) in [5.41, 5.74) is 6.38. The number of hydrogen-bond donors (Lipinski definition) is 1. The average Bonchev–Trinajstić information content (AvgIpc) is 2.98. The van der Waals surface area contributed by atoms with Crippen molar-refractivity contribution < 1.29 is 14.0 Å². The first-order valence-electron chi connectivity index (χ1n) is 7.70. The van der Waals surface area contributed by atoms with E-state index >= 15 is 0 Å². The predicted octanol–water partition coefficient (Wildman–Crippen LogP) is 3.79. The number of carbonyl (C=O) groups excluding carboxylic acids is 1. The molecule has 23 heavy (non-hydrogen) atoms. The minimum atomic E-state index is -0.191. The molecule has 118 valence electrons. The van der Waals surface area contributed by atoms with E-state index in [1.165, 1.54) is 5.56 Å². The molecule has 0 fully saturated rings. The van der Waals surface area contributed by atoms with E-state index in [9.17, 15) is 4.79 Å². The van der Waals surface area contributed by atoms with Gasteiger partial charge in [-0.05, 0) is 23.6 Å². The van der Waals surface area contributed by atoms with Crippen molar-refractivity contribution in [1.29, 1.82) is 0 Å². The summed E-state index contributed by atoms with van der Waals surface area (Å²) in [6.45, 7) is 2.45. The van der Waals surface area contributed by atoms with Gasteiger partial charge in [-0.1, -0.05) is 49.4 Å². The molecule has 0 aliphatic rings. The van der Waals surface area contributed by atoms with Crippen LogP contribution in [-0.2, 0) is 29.1 Å². The Morgan fingerprint density at radius 2 is 1.96 bits per heavy atom. The normalized spacial score (nSPS) is 10.8. The Bertz CT molecular complexity index is 793. The molecule has 0 aliphatic carbocycles. The molecule has 0 bridgehead atoms. The molecule has 0 aliphatic heterocycles. The Kier molecular flexibility index (Phi) is 4.74. The van der Waals surface area contributed by atoms with E-state index in [1.54, 1.807) is 6.26 Å². The minimum absolute atomic E-state index is 0.191. The molecule has 1 N–H and O–H groups in total. The summed E-state index contributed by atoms with van der Waals surface area (Å²) in [5, 5.41) is 0.973. The van der Waals surface area contributed by atoms with Gasteiger partial charge in [0.15, 0.2) is 0 Å². The third-order valence-electron chi connectivity index (χ3n) is 3.75. The first-order valence-corrected chi connectivity index (χ1v) is 7.70. The molecule has 1 aromatic heterocycles. The van der Waals surface area contributed by atoms with Gasteiger partial charge in [0.1, 0.15) is 5.58 Å². The number of rotatable bonds is 6. The van der Waals surface area contributed by atoms with E-state index < -0.39 is 0 Å². The van der Waals surface area contributed by atoms with E-state index in [4.69, 9.17) is 9.25 Å². The smallest absolute Gasteiger partial charge is 0.248 e. The summed E-state index contributed by atoms with van der Waals surface area (Å²) in [4.78, 5) is 17.2.